The number of aryl methyl sites for hydroxylation is 1. The van der Waals surface area contributed by atoms with Crippen LogP contribution in [0.1, 0.15) is 18.9 Å². The van der Waals surface area contributed by atoms with E-state index in [2.05, 4.69) is 0 Å². The van der Waals surface area contributed by atoms with Gasteiger partial charge < -0.3 is 14.9 Å². The van der Waals surface area contributed by atoms with Crippen LogP contribution in [0, 0.1) is 0 Å². The molecule has 3 nitrogen and oxygen atoms in total. The van der Waals surface area contributed by atoms with Crippen LogP contribution in [0.5, 0.6) is 5.95 Å². The highest BCUT2D eigenvalue weighted by atomic mass is 16.6. The van der Waals surface area contributed by atoms with Crippen molar-refractivity contribution in [1.29, 1.82) is 0 Å². The molecule has 0 saturated carbocycles. The van der Waals surface area contributed by atoms with Crippen molar-refractivity contribution >= 4 is 0 Å². The summed E-state index contributed by atoms with van der Waals surface area (Å²) in [4.78, 5) is 0. The fourth-order valence-corrected chi connectivity index (χ4v) is 1.06. The highest BCUT2D eigenvalue weighted by Gasteiger charge is 2.05. The number of rotatable bonds is 5. The Bertz CT molecular complexity index is 220. The Kier molecular flexibility index (Phi) is 3.67. The second-order valence-electron chi connectivity index (χ2n) is 2.56. The summed E-state index contributed by atoms with van der Waals surface area (Å²) in [6.07, 6.45) is 3.55. The van der Waals surface area contributed by atoms with E-state index in [-0.39, 0.29) is 0 Å². The Hall–Kier alpha value is -0.960. The fourth-order valence-electron chi connectivity index (χ4n) is 1.06. The van der Waals surface area contributed by atoms with Crippen molar-refractivity contribution in [2.24, 2.45) is 5.73 Å². The number of nitrogens with two attached hydrogens (primary N) is 1. The molecule has 12 heavy (non-hydrogen) atoms. The third-order valence-electron chi connectivity index (χ3n) is 1.63. The van der Waals surface area contributed by atoms with E-state index in [0.717, 1.165) is 18.4 Å². The van der Waals surface area contributed by atoms with Crippen LogP contribution in [0.15, 0.2) is 16.7 Å². The first kappa shape index (κ1) is 9.13. The predicted molar refractivity (Wildman–Crippen MR) is 47.3 cm³/mol. The van der Waals surface area contributed by atoms with Crippen molar-refractivity contribution in [1.82, 2.24) is 0 Å². The summed E-state index contributed by atoms with van der Waals surface area (Å²) in [7, 11) is 0. The first-order chi connectivity index (χ1) is 5.88. The van der Waals surface area contributed by atoms with E-state index in [1.165, 1.54) is 0 Å². The summed E-state index contributed by atoms with van der Waals surface area (Å²) in [6, 6.07) is 1.93. The van der Waals surface area contributed by atoms with Gasteiger partial charge in [-0.3, -0.25) is 0 Å². The molecule has 1 aromatic heterocycles. The molecule has 0 bridgehead atoms. The average Bonchev–Trinajstić information content (AvgIpc) is 2.50. The van der Waals surface area contributed by atoms with Gasteiger partial charge >= 0.3 is 0 Å². The molecule has 0 atom stereocenters. The molecular formula is C9H15NO2. The van der Waals surface area contributed by atoms with E-state index in [1.54, 1.807) is 6.26 Å². The van der Waals surface area contributed by atoms with Gasteiger partial charge in [0.25, 0.3) is 5.95 Å². The fraction of sp³-hybridized carbons (Fsp3) is 0.556. The molecule has 2 N–H and O–H groups in total. The Labute approximate surface area is 72.5 Å². The van der Waals surface area contributed by atoms with Gasteiger partial charge in [-0.2, -0.15) is 0 Å². The SMILES string of the molecule is CCOc1occc1CCCN. The first-order valence-electron chi connectivity index (χ1n) is 4.27. The molecule has 1 heterocycles. The molecule has 0 aliphatic heterocycles. The van der Waals surface area contributed by atoms with Gasteiger partial charge in [0.05, 0.1) is 12.9 Å². The van der Waals surface area contributed by atoms with Crippen molar-refractivity contribution in [3.63, 3.8) is 0 Å². The quantitative estimate of drug-likeness (QED) is 0.727. The molecule has 1 rings (SSSR count). The van der Waals surface area contributed by atoms with Crippen LogP contribution in [0.3, 0.4) is 0 Å². The lowest BCUT2D eigenvalue weighted by atomic mass is 10.2. The van der Waals surface area contributed by atoms with Gasteiger partial charge in [0.15, 0.2) is 0 Å². The molecule has 1 aromatic rings. The van der Waals surface area contributed by atoms with Crippen molar-refractivity contribution in [2.45, 2.75) is 19.8 Å². The Balaban J connectivity index is 2.51. The summed E-state index contributed by atoms with van der Waals surface area (Å²) < 4.78 is 10.4. The smallest absolute Gasteiger partial charge is 0.287 e. The third kappa shape index (κ3) is 2.27. The van der Waals surface area contributed by atoms with Crippen LogP contribution >= 0.6 is 0 Å². The minimum absolute atomic E-state index is 0.642. The summed E-state index contributed by atoms with van der Waals surface area (Å²) in [6.45, 7) is 3.29. The topological polar surface area (TPSA) is 48.4 Å². The van der Waals surface area contributed by atoms with Crippen molar-refractivity contribution in [3.8, 4) is 5.95 Å². The number of ether oxygens (including phenoxy) is 1. The van der Waals surface area contributed by atoms with E-state index in [0.29, 0.717) is 19.1 Å². The Morgan fingerprint density at radius 3 is 3.08 bits per heavy atom. The molecule has 0 spiro atoms. The molecule has 0 saturated heterocycles. The summed E-state index contributed by atoms with van der Waals surface area (Å²) in [5.41, 5.74) is 6.51. The maximum absolute atomic E-state index is 5.40. The Morgan fingerprint density at radius 2 is 2.42 bits per heavy atom. The minimum atomic E-state index is 0.642. The monoisotopic (exact) mass is 169 g/mol. The van der Waals surface area contributed by atoms with E-state index < -0.39 is 0 Å². The highest BCUT2D eigenvalue weighted by Crippen LogP contribution is 2.20. The van der Waals surface area contributed by atoms with Crippen molar-refractivity contribution < 1.29 is 9.15 Å². The third-order valence-corrected chi connectivity index (χ3v) is 1.63. The number of furan rings is 1. The highest BCUT2D eigenvalue weighted by molar-refractivity contribution is 5.22. The van der Waals surface area contributed by atoms with E-state index >= 15 is 0 Å². The van der Waals surface area contributed by atoms with Gasteiger partial charge in [-0.05, 0) is 32.4 Å². The second-order valence-corrected chi connectivity index (χ2v) is 2.56. The van der Waals surface area contributed by atoms with Gasteiger partial charge in [-0.25, -0.2) is 0 Å². The second kappa shape index (κ2) is 4.83. The van der Waals surface area contributed by atoms with E-state index in [9.17, 15) is 0 Å². The average molecular weight is 169 g/mol. The van der Waals surface area contributed by atoms with E-state index in [4.69, 9.17) is 14.9 Å². The summed E-state index contributed by atoms with van der Waals surface area (Å²) >= 11 is 0. The largest absolute Gasteiger partial charge is 0.465 e. The molecule has 0 radical (unpaired) electrons. The molecule has 0 fully saturated rings. The molecule has 0 aliphatic rings. The molecule has 0 aliphatic carbocycles. The maximum Gasteiger partial charge on any atom is 0.287 e. The number of hydrogen-bond acceptors (Lipinski definition) is 3. The van der Waals surface area contributed by atoms with Gasteiger partial charge in [-0.15, -0.1) is 0 Å². The molecule has 3 heteroatoms. The standard InChI is InChI=1S/C9H15NO2/c1-2-11-9-8(4-3-6-10)5-7-12-9/h5,7H,2-4,6,10H2,1H3. The molecule has 0 unspecified atom stereocenters. The van der Waals surface area contributed by atoms with Crippen molar-refractivity contribution in [2.75, 3.05) is 13.2 Å². The summed E-state index contributed by atoms with van der Waals surface area (Å²) in [5, 5.41) is 0. The Morgan fingerprint density at radius 1 is 1.58 bits per heavy atom. The zero-order valence-corrected chi connectivity index (χ0v) is 7.38. The maximum atomic E-state index is 5.40. The zero-order valence-electron chi connectivity index (χ0n) is 7.38. The summed E-state index contributed by atoms with van der Waals surface area (Å²) in [5.74, 6) is 0.644. The lowest BCUT2D eigenvalue weighted by Gasteiger charge is -2.01. The first-order valence-corrected chi connectivity index (χ1v) is 4.27. The molecule has 0 amide bonds. The minimum Gasteiger partial charge on any atom is -0.465 e. The molecule has 68 valence electrons. The predicted octanol–water partition coefficient (Wildman–Crippen LogP) is 1.57. The van der Waals surface area contributed by atoms with E-state index in [1.807, 2.05) is 13.0 Å². The van der Waals surface area contributed by atoms with Gasteiger partial charge in [0, 0.05) is 5.56 Å². The van der Waals surface area contributed by atoms with Crippen LogP contribution in [0.4, 0.5) is 0 Å². The van der Waals surface area contributed by atoms with Crippen LogP contribution in [0.25, 0.3) is 0 Å². The van der Waals surface area contributed by atoms with Gasteiger partial charge in [0.1, 0.15) is 0 Å². The van der Waals surface area contributed by atoms with Crippen LogP contribution in [0.2, 0.25) is 0 Å². The number of hydrogen-bond donors (Lipinski definition) is 1. The van der Waals surface area contributed by atoms with Gasteiger partial charge in [0.2, 0.25) is 0 Å². The molecular weight excluding hydrogens is 154 g/mol. The lowest BCUT2D eigenvalue weighted by molar-refractivity contribution is 0.254. The van der Waals surface area contributed by atoms with Crippen LogP contribution < -0.4 is 10.5 Å². The normalized spacial score (nSPS) is 10.2. The van der Waals surface area contributed by atoms with Crippen LogP contribution in [-0.4, -0.2) is 13.2 Å². The van der Waals surface area contributed by atoms with Crippen molar-refractivity contribution in [3.05, 3.63) is 17.9 Å². The zero-order chi connectivity index (χ0) is 8.81. The molecule has 0 aromatic carbocycles. The van der Waals surface area contributed by atoms with Crippen LogP contribution in [-0.2, 0) is 6.42 Å². The lowest BCUT2D eigenvalue weighted by Crippen LogP contribution is -2.01. The van der Waals surface area contributed by atoms with Gasteiger partial charge in [-0.1, -0.05) is 0 Å².